The topological polar surface area (TPSA) is 79.4 Å². The molecule has 0 atom stereocenters. The van der Waals surface area contributed by atoms with Crippen LogP contribution in [0, 0.1) is 11.7 Å². The number of carbonyl (C=O) groups excluding carboxylic acids is 1. The summed E-state index contributed by atoms with van der Waals surface area (Å²) in [6.07, 6.45) is 3.57. The van der Waals surface area contributed by atoms with Crippen molar-refractivity contribution in [3.63, 3.8) is 0 Å². The third kappa shape index (κ3) is 4.84. The quantitative estimate of drug-likeness (QED) is 0.711. The monoisotopic (exact) mass is 439 g/mol. The van der Waals surface area contributed by atoms with Crippen LogP contribution < -0.4 is 5.32 Å². The molecular weight excluding hydrogens is 413 g/mol. The molecule has 0 bridgehead atoms. The second-order valence-corrected chi connectivity index (χ2v) is 10.1. The number of hydrogen-bond acceptors (Lipinski definition) is 5. The third-order valence-electron chi connectivity index (χ3n) is 5.10. The highest BCUT2D eigenvalue weighted by atomic mass is 32.2. The summed E-state index contributed by atoms with van der Waals surface area (Å²) in [5, 5.41) is 3.51. The van der Waals surface area contributed by atoms with Crippen LogP contribution in [-0.2, 0) is 27.7 Å². The summed E-state index contributed by atoms with van der Waals surface area (Å²) in [5.74, 6) is -1.18. The lowest BCUT2D eigenvalue weighted by molar-refractivity contribution is -0.120. The van der Waals surface area contributed by atoms with Crippen LogP contribution in [0.5, 0.6) is 0 Å². The first-order valence-corrected chi connectivity index (χ1v) is 12.2. The van der Waals surface area contributed by atoms with E-state index >= 15 is 0 Å². The Morgan fingerprint density at radius 3 is 2.59 bits per heavy atom. The van der Waals surface area contributed by atoms with Gasteiger partial charge in [0.25, 0.3) is 0 Å². The summed E-state index contributed by atoms with van der Waals surface area (Å²) in [6, 6.07) is 5.37. The normalized spacial score (nSPS) is 16.1. The van der Waals surface area contributed by atoms with E-state index in [1.54, 1.807) is 0 Å². The van der Waals surface area contributed by atoms with Crippen molar-refractivity contribution in [2.45, 2.75) is 50.8 Å². The molecule has 0 saturated carbocycles. The number of piperidine rings is 1. The Kier molecular flexibility index (Phi) is 7.02. The van der Waals surface area contributed by atoms with Crippen LogP contribution in [0.4, 0.5) is 9.52 Å². The second kappa shape index (κ2) is 9.32. The molecule has 1 saturated heterocycles. The number of aromatic nitrogens is 1. The minimum atomic E-state index is -3.90. The zero-order valence-corrected chi connectivity index (χ0v) is 18.3. The number of anilines is 1. The van der Waals surface area contributed by atoms with Gasteiger partial charge in [-0.3, -0.25) is 4.79 Å². The van der Waals surface area contributed by atoms with Crippen molar-refractivity contribution in [3.8, 4) is 0 Å². The van der Waals surface area contributed by atoms with Gasteiger partial charge in [-0.05, 0) is 37.8 Å². The van der Waals surface area contributed by atoms with Crippen molar-refractivity contribution in [3.05, 3.63) is 40.7 Å². The molecule has 158 valence electrons. The number of sulfonamides is 1. The molecule has 29 heavy (non-hydrogen) atoms. The Morgan fingerprint density at radius 2 is 1.97 bits per heavy atom. The number of nitrogens with one attached hydrogen (secondary N) is 1. The SMILES string of the molecule is CCCc1nc(NC(=O)C2CCN(S(=O)(=O)c3ccccc3F)CC2)sc1CC. The van der Waals surface area contributed by atoms with Crippen LogP contribution >= 0.6 is 11.3 Å². The van der Waals surface area contributed by atoms with Gasteiger partial charge >= 0.3 is 0 Å². The van der Waals surface area contributed by atoms with E-state index in [2.05, 4.69) is 24.1 Å². The zero-order chi connectivity index (χ0) is 21.0. The minimum Gasteiger partial charge on any atom is -0.302 e. The van der Waals surface area contributed by atoms with E-state index in [-0.39, 0.29) is 29.8 Å². The van der Waals surface area contributed by atoms with Crippen molar-refractivity contribution >= 4 is 32.4 Å². The number of thiazole rings is 1. The van der Waals surface area contributed by atoms with Crippen LogP contribution in [0.1, 0.15) is 43.7 Å². The molecule has 2 heterocycles. The van der Waals surface area contributed by atoms with E-state index in [9.17, 15) is 17.6 Å². The minimum absolute atomic E-state index is 0.132. The molecule has 1 amide bonds. The van der Waals surface area contributed by atoms with Crippen LogP contribution in [0.25, 0.3) is 0 Å². The standard InChI is InChI=1S/C20H26FN3O3S2/c1-3-7-16-17(4-2)28-20(22-16)23-19(25)14-10-12-24(13-11-14)29(26,27)18-9-6-5-8-15(18)21/h5-6,8-9,14H,3-4,7,10-13H2,1-2H3,(H,22,23,25). The first-order valence-electron chi connectivity index (χ1n) is 9.90. The number of rotatable bonds is 7. The summed E-state index contributed by atoms with van der Waals surface area (Å²) >= 11 is 1.50. The average Bonchev–Trinajstić information content (AvgIpc) is 3.10. The molecule has 0 spiro atoms. The second-order valence-electron chi connectivity index (χ2n) is 7.09. The molecule has 1 N–H and O–H groups in total. The van der Waals surface area contributed by atoms with Crippen molar-refractivity contribution < 1.29 is 17.6 Å². The Labute approximate surface area is 175 Å². The summed E-state index contributed by atoms with van der Waals surface area (Å²) in [6.45, 7) is 4.55. The van der Waals surface area contributed by atoms with Gasteiger partial charge in [0.1, 0.15) is 10.7 Å². The average molecular weight is 440 g/mol. The molecule has 0 radical (unpaired) electrons. The van der Waals surface area contributed by atoms with Gasteiger partial charge in [-0.15, -0.1) is 11.3 Å². The largest absolute Gasteiger partial charge is 0.302 e. The summed E-state index contributed by atoms with van der Waals surface area (Å²) in [7, 11) is -3.90. The lowest BCUT2D eigenvalue weighted by atomic mass is 9.97. The van der Waals surface area contributed by atoms with Crippen molar-refractivity contribution in [1.29, 1.82) is 0 Å². The Bertz CT molecular complexity index is 967. The highest BCUT2D eigenvalue weighted by Gasteiger charge is 2.33. The molecule has 0 unspecified atom stereocenters. The molecule has 1 fully saturated rings. The van der Waals surface area contributed by atoms with E-state index < -0.39 is 15.8 Å². The van der Waals surface area contributed by atoms with Crippen LogP contribution in [0.3, 0.4) is 0 Å². The number of carbonyl (C=O) groups is 1. The molecule has 0 aliphatic carbocycles. The van der Waals surface area contributed by atoms with Gasteiger partial charge in [0.05, 0.1) is 5.69 Å². The molecule has 2 aromatic rings. The van der Waals surface area contributed by atoms with E-state index in [0.717, 1.165) is 31.0 Å². The summed E-state index contributed by atoms with van der Waals surface area (Å²) < 4.78 is 40.6. The number of amides is 1. The smallest absolute Gasteiger partial charge is 0.245 e. The number of nitrogens with zero attached hydrogens (tertiary/aromatic N) is 2. The third-order valence-corrected chi connectivity index (χ3v) is 8.18. The Balaban J connectivity index is 1.62. The molecule has 1 aromatic heterocycles. The maximum atomic E-state index is 13.9. The van der Waals surface area contributed by atoms with Crippen LogP contribution in [0.15, 0.2) is 29.2 Å². The number of halogens is 1. The maximum absolute atomic E-state index is 13.9. The number of aryl methyl sites for hydroxylation is 2. The van der Waals surface area contributed by atoms with E-state index in [0.29, 0.717) is 18.0 Å². The van der Waals surface area contributed by atoms with Gasteiger partial charge in [-0.25, -0.2) is 17.8 Å². The van der Waals surface area contributed by atoms with Crippen molar-refractivity contribution in [2.75, 3.05) is 18.4 Å². The Hall–Kier alpha value is -1.84. The lowest BCUT2D eigenvalue weighted by Gasteiger charge is -2.30. The van der Waals surface area contributed by atoms with Gasteiger partial charge < -0.3 is 5.32 Å². The van der Waals surface area contributed by atoms with E-state index in [1.165, 1.54) is 38.7 Å². The van der Waals surface area contributed by atoms with E-state index in [4.69, 9.17) is 0 Å². The number of hydrogen-bond donors (Lipinski definition) is 1. The fourth-order valence-electron chi connectivity index (χ4n) is 3.50. The number of benzene rings is 1. The van der Waals surface area contributed by atoms with Crippen molar-refractivity contribution in [1.82, 2.24) is 9.29 Å². The van der Waals surface area contributed by atoms with E-state index in [1.807, 2.05) is 0 Å². The predicted molar refractivity (Wildman–Crippen MR) is 112 cm³/mol. The first kappa shape index (κ1) is 21.9. The molecule has 1 aliphatic heterocycles. The van der Waals surface area contributed by atoms with Crippen LogP contribution in [-0.4, -0.2) is 36.7 Å². The highest BCUT2D eigenvalue weighted by Crippen LogP contribution is 2.28. The molecular formula is C20H26FN3O3S2. The maximum Gasteiger partial charge on any atom is 0.245 e. The highest BCUT2D eigenvalue weighted by molar-refractivity contribution is 7.89. The Morgan fingerprint density at radius 1 is 1.28 bits per heavy atom. The fourth-order valence-corrected chi connectivity index (χ4v) is 5.99. The van der Waals surface area contributed by atoms with Gasteiger partial charge in [0, 0.05) is 23.9 Å². The molecule has 6 nitrogen and oxygen atoms in total. The van der Waals surface area contributed by atoms with Gasteiger partial charge in [0.2, 0.25) is 15.9 Å². The van der Waals surface area contributed by atoms with Crippen LogP contribution in [0.2, 0.25) is 0 Å². The van der Waals surface area contributed by atoms with Gasteiger partial charge in [-0.2, -0.15) is 4.31 Å². The molecule has 1 aromatic carbocycles. The molecule has 9 heteroatoms. The lowest BCUT2D eigenvalue weighted by Crippen LogP contribution is -2.41. The zero-order valence-electron chi connectivity index (χ0n) is 16.7. The summed E-state index contributed by atoms with van der Waals surface area (Å²) in [5.41, 5.74) is 1.04. The van der Waals surface area contributed by atoms with Crippen molar-refractivity contribution in [2.24, 2.45) is 5.92 Å². The van der Waals surface area contributed by atoms with Gasteiger partial charge in [0.15, 0.2) is 5.13 Å². The molecule has 1 aliphatic rings. The summed E-state index contributed by atoms with van der Waals surface area (Å²) in [4.78, 5) is 18.1. The fraction of sp³-hybridized carbons (Fsp3) is 0.500. The predicted octanol–water partition coefficient (Wildman–Crippen LogP) is 3.84. The van der Waals surface area contributed by atoms with Gasteiger partial charge in [-0.1, -0.05) is 32.4 Å². The molecule has 3 rings (SSSR count). The first-order chi connectivity index (χ1) is 13.9.